The van der Waals surface area contributed by atoms with Crippen molar-refractivity contribution in [1.82, 2.24) is 0 Å². The summed E-state index contributed by atoms with van der Waals surface area (Å²) in [5.74, 6) is 0. The molecule has 0 unspecified atom stereocenters. The van der Waals surface area contributed by atoms with E-state index in [1.54, 1.807) is 10.4 Å². The standard InChI is InChI=1S/C44H36Si/c1-27-21-23-32-36(25-27)42(34-17-12-19-38-43(34)33-16-8-10-18-37(33)44(38,2)3)31-15-7-6-14-30(31)41(32)28-22-24-40-35(26-28)29-13-9-11-20-39(29)45(40,4)5/h6-26H,1-5H3. The zero-order valence-corrected chi connectivity index (χ0v) is 27.6. The van der Waals surface area contributed by atoms with E-state index in [0.29, 0.717) is 0 Å². The first kappa shape index (κ1) is 26.7. The highest BCUT2D eigenvalue weighted by Crippen LogP contribution is 2.54. The molecule has 0 bridgehead atoms. The minimum Gasteiger partial charge on any atom is -0.0623 e. The molecule has 216 valence electrons. The van der Waals surface area contributed by atoms with Gasteiger partial charge in [-0.2, -0.15) is 0 Å². The van der Waals surface area contributed by atoms with Gasteiger partial charge >= 0.3 is 0 Å². The number of hydrogen-bond donors (Lipinski definition) is 0. The van der Waals surface area contributed by atoms with Crippen LogP contribution in [0.25, 0.3) is 66.1 Å². The Hall–Kier alpha value is -4.72. The number of hydrogen-bond acceptors (Lipinski definition) is 0. The monoisotopic (exact) mass is 592 g/mol. The summed E-state index contributed by atoms with van der Waals surface area (Å²) in [4.78, 5) is 0. The molecule has 0 saturated carbocycles. The third-order valence-electron chi connectivity index (χ3n) is 10.9. The summed E-state index contributed by atoms with van der Waals surface area (Å²) in [6.45, 7) is 12.0. The first-order valence-corrected chi connectivity index (χ1v) is 19.2. The van der Waals surface area contributed by atoms with Crippen molar-refractivity contribution in [2.45, 2.75) is 39.3 Å². The van der Waals surface area contributed by atoms with E-state index in [2.05, 4.69) is 161 Å². The molecule has 0 saturated heterocycles. The molecular weight excluding hydrogens is 557 g/mol. The van der Waals surface area contributed by atoms with Gasteiger partial charge in [-0.1, -0.05) is 154 Å². The number of fused-ring (bicyclic) bond motifs is 8. The van der Waals surface area contributed by atoms with E-state index in [-0.39, 0.29) is 5.41 Å². The summed E-state index contributed by atoms with van der Waals surface area (Å²) >= 11 is 0. The fourth-order valence-electron chi connectivity index (χ4n) is 8.73. The Morgan fingerprint density at radius 3 is 1.89 bits per heavy atom. The van der Waals surface area contributed by atoms with E-state index in [9.17, 15) is 0 Å². The number of benzene rings is 7. The van der Waals surface area contributed by atoms with Gasteiger partial charge < -0.3 is 0 Å². The molecule has 0 nitrogen and oxygen atoms in total. The molecule has 0 N–H and O–H groups in total. The summed E-state index contributed by atoms with van der Waals surface area (Å²) in [6, 6.07) is 48.6. The topological polar surface area (TPSA) is 0 Å². The van der Waals surface area contributed by atoms with Gasteiger partial charge in [-0.15, -0.1) is 0 Å². The van der Waals surface area contributed by atoms with Crippen molar-refractivity contribution in [3.05, 3.63) is 144 Å². The molecule has 0 aromatic heterocycles. The van der Waals surface area contributed by atoms with Crippen LogP contribution in [0.3, 0.4) is 0 Å². The maximum atomic E-state index is 2.50. The third kappa shape index (κ3) is 3.53. The summed E-state index contributed by atoms with van der Waals surface area (Å²) < 4.78 is 0. The van der Waals surface area contributed by atoms with E-state index in [1.165, 1.54) is 82.7 Å². The van der Waals surface area contributed by atoms with Crippen LogP contribution in [0.2, 0.25) is 13.1 Å². The molecule has 1 heteroatoms. The van der Waals surface area contributed by atoms with E-state index in [1.807, 2.05) is 0 Å². The fourth-order valence-corrected chi connectivity index (χ4v) is 11.8. The van der Waals surface area contributed by atoms with Crippen LogP contribution < -0.4 is 10.4 Å². The molecule has 1 aliphatic carbocycles. The maximum absolute atomic E-state index is 2.50. The zero-order chi connectivity index (χ0) is 30.7. The minimum atomic E-state index is -1.72. The Labute approximate surface area is 267 Å². The first-order chi connectivity index (χ1) is 21.8. The molecule has 1 heterocycles. The average molecular weight is 593 g/mol. The Bertz CT molecular complexity index is 2390. The van der Waals surface area contributed by atoms with Gasteiger partial charge in [-0.3, -0.25) is 0 Å². The van der Waals surface area contributed by atoms with Crippen LogP contribution in [0.15, 0.2) is 127 Å². The molecule has 9 rings (SSSR count). The second-order valence-electron chi connectivity index (χ2n) is 14.2. The molecule has 0 amide bonds. The molecule has 0 atom stereocenters. The second kappa shape index (κ2) is 9.16. The van der Waals surface area contributed by atoms with Gasteiger partial charge in [0, 0.05) is 5.41 Å². The largest absolute Gasteiger partial charge is 0.113 e. The quantitative estimate of drug-likeness (QED) is 0.138. The van der Waals surface area contributed by atoms with Crippen molar-refractivity contribution in [2.24, 2.45) is 0 Å². The van der Waals surface area contributed by atoms with Gasteiger partial charge in [0.15, 0.2) is 0 Å². The van der Waals surface area contributed by atoms with Crippen molar-refractivity contribution in [3.8, 4) is 44.5 Å². The SMILES string of the molecule is Cc1ccc2c(-c3ccc4c(c3)-c3ccccc3[Si]4(C)C)c3ccccc3c(-c3cccc4c3-c3ccccc3C4(C)C)c2c1. The first-order valence-electron chi connectivity index (χ1n) is 16.2. The number of rotatable bonds is 2. The van der Waals surface area contributed by atoms with Crippen molar-refractivity contribution in [2.75, 3.05) is 0 Å². The van der Waals surface area contributed by atoms with E-state index in [4.69, 9.17) is 0 Å². The zero-order valence-electron chi connectivity index (χ0n) is 26.6. The summed E-state index contributed by atoms with van der Waals surface area (Å²) in [5.41, 5.74) is 15.0. The highest BCUT2D eigenvalue weighted by Gasteiger charge is 2.38. The minimum absolute atomic E-state index is 0.0405. The van der Waals surface area contributed by atoms with E-state index < -0.39 is 8.07 Å². The molecular formula is C44H36Si. The Morgan fingerprint density at radius 1 is 0.444 bits per heavy atom. The predicted octanol–water partition coefficient (Wildman–Crippen LogP) is 10.7. The second-order valence-corrected chi connectivity index (χ2v) is 18.5. The third-order valence-corrected chi connectivity index (χ3v) is 14.5. The molecule has 0 spiro atoms. The molecule has 0 radical (unpaired) electrons. The van der Waals surface area contributed by atoms with Gasteiger partial charge in [0.05, 0.1) is 0 Å². The molecule has 7 aromatic carbocycles. The maximum Gasteiger partial charge on any atom is 0.113 e. The Morgan fingerprint density at radius 2 is 1.07 bits per heavy atom. The molecule has 1 aliphatic heterocycles. The van der Waals surface area contributed by atoms with Crippen LogP contribution in [0, 0.1) is 6.92 Å². The highest BCUT2D eigenvalue weighted by molar-refractivity contribution is 7.03. The predicted molar refractivity (Wildman–Crippen MR) is 197 cm³/mol. The van der Waals surface area contributed by atoms with Crippen LogP contribution in [0.4, 0.5) is 0 Å². The van der Waals surface area contributed by atoms with Crippen LogP contribution in [-0.4, -0.2) is 8.07 Å². The van der Waals surface area contributed by atoms with Crippen LogP contribution in [0.1, 0.15) is 30.5 Å². The van der Waals surface area contributed by atoms with Crippen molar-refractivity contribution < 1.29 is 0 Å². The molecule has 45 heavy (non-hydrogen) atoms. The van der Waals surface area contributed by atoms with Gasteiger partial charge in [-0.05, 0) is 101 Å². The number of aryl methyl sites for hydroxylation is 1. The Kier molecular flexibility index (Phi) is 5.42. The lowest BCUT2D eigenvalue weighted by Crippen LogP contribution is -2.49. The fraction of sp³-hybridized carbons (Fsp3) is 0.136. The molecule has 2 aliphatic rings. The lowest BCUT2D eigenvalue weighted by molar-refractivity contribution is 0.660. The van der Waals surface area contributed by atoms with Gasteiger partial charge in [-0.25, -0.2) is 0 Å². The van der Waals surface area contributed by atoms with Crippen LogP contribution in [-0.2, 0) is 5.41 Å². The van der Waals surface area contributed by atoms with Gasteiger partial charge in [0.25, 0.3) is 0 Å². The molecule has 7 aromatic rings. The Balaban J connectivity index is 1.39. The smallest absolute Gasteiger partial charge is 0.0623 e. The summed E-state index contributed by atoms with van der Waals surface area (Å²) in [7, 11) is -1.72. The lowest BCUT2D eigenvalue weighted by Gasteiger charge is -2.23. The van der Waals surface area contributed by atoms with Gasteiger partial charge in [0.2, 0.25) is 0 Å². The summed E-state index contributed by atoms with van der Waals surface area (Å²) in [5, 5.41) is 8.38. The van der Waals surface area contributed by atoms with Crippen LogP contribution in [0.5, 0.6) is 0 Å². The van der Waals surface area contributed by atoms with Crippen molar-refractivity contribution in [3.63, 3.8) is 0 Å². The normalized spacial score (nSPS) is 15.1. The van der Waals surface area contributed by atoms with E-state index in [0.717, 1.165) is 0 Å². The van der Waals surface area contributed by atoms with Crippen molar-refractivity contribution >= 4 is 40.0 Å². The summed E-state index contributed by atoms with van der Waals surface area (Å²) in [6.07, 6.45) is 0. The van der Waals surface area contributed by atoms with Gasteiger partial charge in [0.1, 0.15) is 8.07 Å². The average Bonchev–Trinajstić information content (AvgIpc) is 3.43. The molecule has 0 fully saturated rings. The van der Waals surface area contributed by atoms with Crippen molar-refractivity contribution in [1.29, 1.82) is 0 Å². The van der Waals surface area contributed by atoms with E-state index >= 15 is 0 Å². The van der Waals surface area contributed by atoms with Crippen LogP contribution >= 0.6 is 0 Å². The lowest BCUT2D eigenvalue weighted by atomic mass is 9.80. The highest BCUT2D eigenvalue weighted by atomic mass is 28.3.